The van der Waals surface area contributed by atoms with Crippen molar-refractivity contribution in [1.29, 1.82) is 0 Å². The minimum absolute atomic E-state index is 0.0295. The molecule has 0 aromatic carbocycles. The first kappa shape index (κ1) is 7.56. The Morgan fingerprint density at radius 3 is 2.36 bits per heavy atom. The smallest absolute Gasteiger partial charge is 0.115 e. The monoisotopic (exact) mass is 156 g/mol. The lowest BCUT2D eigenvalue weighted by Gasteiger charge is -2.54. The summed E-state index contributed by atoms with van der Waals surface area (Å²) in [7, 11) is 0. The van der Waals surface area contributed by atoms with Gasteiger partial charge in [0.25, 0.3) is 0 Å². The van der Waals surface area contributed by atoms with Crippen LogP contribution in [0.4, 0.5) is 0 Å². The van der Waals surface area contributed by atoms with Crippen LogP contribution in [0.2, 0.25) is 0 Å². The van der Waals surface area contributed by atoms with Crippen LogP contribution < -0.4 is 0 Å². The van der Waals surface area contributed by atoms with E-state index in [0.29, 0.717) is 6.10 Å². The van der Waals surface area contributed by atoms with Crippen molar-refractivity contribution in [3.8, 4) is 0 Å². The Labute approximate surface area is 67.9 Å². The van der Waals surface area contributed by atoms with Crippen LogP contribution in [0, 0.1) is 0 Å². The van der Waals surface area contributed by atoms with Gasteiger partial charge in [-0.2, -0.15) is 0 Å². The van der Waals surface area contributed by atoms with Crippen molar-refractivity contribution in [2.45, 2.75) is 50.9 Å². The molecule has 0 bridgehead atoms. The Morgan fingerprint density at radius 2 is 2.00 bits per heavy atom. The van der Waals surface area contributed by atoms with Gasteiger partial charge >= 0.3 is 0 Å². The fourth-order valence-corrected chi connectivity index (χ4v) is 2.08. The Balaban J connectivity index is 2.10. The summed E-state index contributed by atoms with van der Waals surface area (Å²) >= 11 is 0. The van der Waals surface area contributed by atoms with Crippen LogP contribution in [-0.4, -0.2) is 23.9 Å². The summed E-state index contributed by atoms with van der Waals surface area (Å²) in [5.74, 6) is 0. The third-order valence-electron chi connectivity index (χ3n) is 2.77. The van der Waals surface area contributed by atoms with Crippen molar-refractivity contribution in [2.75, 3.05) is 6.61 Å². The molecule has 2 nitrogen and oxygen atoms in total. The lowest BCUT2D eigenvalue weighted by molar-refractivity contribution is -0.315. The van der Waals surface area contributed by atoms with E-state index in [1.54, 1.807) is 0 Å². The van der Waals surface area contributed by atoms with Crippen LogP contribution >= 0.6 is 0 Å². The number of hydrogen-bond acceptors (Lipinski definition) is 2. The Bertz CT molecular complexity index is 176. The van der Waals surface area contributed by atoms with Gasteiger partial charge in [-0.25, -0.2) is 0 Å². The number of ether oxygens (including phenoxy) is 2. The first-order valence-electron chi connectivity index (χ1n) is 4.34. The first-order chi connectivity index (χ1) is 5.02. The topological polar surface area (TPSA) is 18.5 Å². The van der Waals surface area contributed by atoms with E-state index < -0.39 is 0 Å². The molecule has 2 rings (SSSR count). The number of rotatable bonds is 0. The molecule has 2 aliphatic rings. The molecule has 0 saturated carbocycles. The number of hydrogen-bond donors (Lipinski definition) is 0. The van der Waals surface area contributed by atoms with Crippen molar-refractivity contribution in [3.05, 3.63) is 0 Å². The SMILES string of the molecule is CC1(C)CC[C@@H]2OC[C@]2(C)O1. The molecule has 0 N–H and O–H groups in total. The molecule has 0 aromatic heterocycles. The summed E-state index contributed by atoms with van der Waals surface area (Å²) in [5.41, 5.74) is 0.0940. The van der Waals surface area contributed by atoms with E-state index in [1.165, 1.54) is 0 Å². The first-order valence-corrected chi connectivity index (χ1v) is 4.34. The summed E-state index contributed by atoms with van der Waals surface area (Å²) in [4.78, 5) is 0. The maximum atomic E-state index is 5.94. The van der Waals surface area contributed by atoms with Gasteiger partial charge in [0.15, 0.2) is 0 Å². The zero-order valence-corrected chi connectivity index (χ0v) is 7.52. The van der Waals surface area contributed by atoms with Crippen molar-refractivity contribution in [2.24, 2.45) is 0 Å². The van der Waals surface area contributed by atoms with Gasteiger partial charge < -0.3 is 9.47 Å². The van der Waals surface area contributed by atoms with Gasteiger partial charge in [-0.05, 0) is 33.6 Å². The third-order valence-corrected chi connectivity index (χ3v) is 2.77. The second kappa shape index (κ2) is 1.99. The minimum atomic E-state index is 0.0295. The molecule has 64 valence electrons. The van der Waals surface area contributed by atoms with Gasteiger partial charge in [0, 0.05) is 0 Å². The standard InChI is InChI=1S/C9H16O2/c1-8(2)5-4-7-9(3,11-8)6-10-7/h7H,4-6H2,1-3H3/t7-,9-/m0/s1. The van der Waals surface area contributed by atoms with Crippen LogP contribution in [0.15, 0.2) is 0 Å². The minimum Gasteiger partial charge on any atom is -0.372 e. The Hall–Kier alpha value is -0.0800. The zero-order valence-electron chi connectivity index (χ0n) is 7.52. The second-order valence-electron chi connectivity index (χ2n) is 4.51. The lowest BCUT2D eigenvalue weighted by Crippen LogP contribution is -2.64. The molecule has 0 amide bonds. The third kappa shape index (κ3) is 1.09. The Morgan fingerprint density at radius 1 is 1.27 bits per heavy atom. The molecule has 0 unspecified atom stereocenters. The van der Waals surface area contributed by atoms with Crippen LogP contribution in [0.3, 0.4) is 0 Å². The molecular weight excluding hydrogens is 140 g/mol. The second-order valence-corrected chi connectivity index (χ2v) is 4.51. The maximum absolute atomic E-state index is 5.94. The molecule has 2 aliphatic heterocycles. The van der Waals surface area contributed by atoms with Crippen molar-refractivity contribution < 1.29 is 9.47 Å². The maximum Gasteiger partial charge on any atom is 0.115 e. The molecule has 2 heteroatoms. The van der Waals surface area contributed by atoms with Gasteiger partial charge in [-0.15, -0.1) is 0 Å². The van der Waals surface area contributed by atoms with Crippen LogP contribution in [-0.2, 0) is 9.47 Å². The van der Waals surface area contributed by atoms with E-state index in [2.05, 4.69) is 20.8 Å². The van der Waals surface area contributed by atoms with E-state index in [9.17, 15) is 0 Å². The molecule has 2 atom stereocenters. The fourth-order valence-electron chi connectivity index (χ4n) is 2.08. The van der Waals surface area contributed by atoms with Gasteiger partial charge in [0.2, 0.25) is 0 Å². The summed E-state index contributed by atoms with van der Waals surface area (Å²) in [6.07, 6.45) is 2.65. The van der Waals surface area contributed by atoms with E-state index in [4.69, 9.17) is 9.47 Å². The fraction of sp³-hybridized carbons (Fsp3) is 1.00. The average Bonchev–Trinajstić information content (AvgIpc) is 1.82. The highest BCUT2D eigenvalue weighted by Gasteiger charge is 2.51. The van der Waals surface area contributed by atoms with Gasteiger partial charge in [-0.3, -0.25) is 0 Å². The highest BCUT2D eigenvalue weighted by molar-refractivity contribution is 4.99. The lowest BCUT2D eigenvalue weighted by atomic mass is 9.82. The molecule has 2 heterocycles. The number of fused-ring (bicyclic) bond motifs is 1. The van der Waals surface area contributed by atoms with Crippen LogP contribution in [0.25, 0.3) is 0 Å². The van der Waals surface area contributed by atoms with Crippen molar-refractivity contribution >= 4 is 0 Å². The molecule has 0 radical (unpaired) electrons. The van der Waals surface area contributed by atoms with E-state index in [0.717, 1.165) is 19.4 Å². The quantitative estimate of drug-likeness (QED) is 0.532. The highest BCUT2D eigenvalue weighted by atomic mass is 16.6. The van der Waals surface area contributed by atoms with E-state index in [1.807, 2.05) is 0 Å². The van der Waals surface area contributed by atoms with Gasteiger partial charge in [0.1, 0.15) is 5.60 Å². The van der Waals surface area contributed by atoms with Crippen LogP contribution in [0.5, 0.6) is 0 Å². The molecule has 0 aromatic rings. The molecule has 2 saturated heterocycles. The largest absolute Gasteiger partial charge is 0.372 e. The molecule has 0 spiro atoms. The van der Waals surface area contributed by atoms with Gasteiger partial charge in [-0.1, -0.05) is 0 Å². The summed E-state index contributed by atoms with van der Waals surface area (Å²) in [6, 6.07) is 0. The summed E-state index contributed by atoms with van der Waals surface area (Å²) in [5, 5.41) is 0. The van der Waals surface area contributed by atoms with E-state index in [-0.39, 0.29) is 11.2 Å². The van der Waals surface area contributed by atoms with E-state index >= 15 is 0 Å². The summed E-state index contributed by atoms with van der Waals surface area (Å²) in [6.45, 7) is 7.25. The predicted octanol–water partition coefficient (Wildman–Crippen LogP) is 1.73. The molecule has 0 aliphatic carbocycles. The van der Waals surface area contributed by atoms with Crippen molar-refractivity contribution in [3.63, 3.8) is 0 Å². The summed E-state index contributed by atoms with van der Waals surface area (Å²) < 4.78 is 11.3. The highest BCUT2D eigenvalue weighted by Crippen LogP contribution is 2.42. The molecular formula is C9H16O2. The zero-order chi connectivity index (χ0) is 8.11. The Kier molecular flexibility index (Phi) is 1.37. The predicted molar refractivity (Wildman–Crippen MR) is 42.5 cm³/mol. The molecule has 2 fully saturated rings. The van der Waals surface area contributed by atoms with Gasteiger partial charge in [0.05, 0.1) is 18.3 Å². The molecule has 11 heavy (non-hydrogen) atoms. The average molecular weight is 156 g/mol. The van der Waals surface area contributed by atoms with Crippen molar-refractivity contribution in [1.82, 2.24) is 0 Å². The van der Waals surface area contributed by atoms with Crippen LogP contribution in [0.1, 0.15) is 33.6 Å². The normalized spacial score (nSPS) is 47.7.